The fourth-order valence-corrected chi connectivity index (χ4v) is 9.35. The lowest BCUT2D eigenvalue weighted by atomic mass is 9.83. The summed E-state index contributed by atoms with van der Waals surface area (Å²) in [6.07, 6.45) is 20.2. The first-order valence-corrected chi connectivity index (χ1v) is 24.1. The molecule has 16 nitrogen and oxygen atoms in total. The second-order valence-corrected chi connectivity index (χ2v) is 22.8. The van der Waals surface area contributed by atoms with E-state index >= 15 is 0 Å². The summed E-state index contributed by atoms with van der Waals surface area (Å²) in [7, 11) is 2.11. The van der Waals surface area contributed by atoms with Crippen molar-refractivity contribution in [2.45, 2.75) is 114 Å². The summed E-state index contributed by atoms with van der Waals surface area (Å²) >= 11 is 0. The number of hydrogen-bond donors (Lipinski definition) is 5. The van der Waals surface area contributed by atoms with Crippen LogP contribution in [-0.4, -0.2) is 101 Å². The smallest absolute Gasteiger partial charge is 0.192 e. The van der Waals surface area contributed by atoms with Crippen molar-refractivity contribution < 1.29 is 9.53 Å². The number of aliphatic hydroxyl groups is 1. The minimum Gasteiger partial charge on any atom is -0.416 e. The van der Waals surface area contributed by atoms with Gasteiger partial charge in [0.15, 0.2) is 19.6 Å². The summed E-state index contributed by atoms with van der Waals surface area (Å²) < 4.78 is 13.3. The molecule has 0 bridgehead atoms. The highest BCUT2D eigenvalue weighted by molar-refractivity contribution is 6.74. The number of aliphatic hydroxyl groups excluding tert-OH is 1. The van der Waals surface area contributed by atoms with Crippen molar-refractivity contribution in [1.82, 2.24) is 59.4 Å². The molecular weight excluding hydrogens is 761 g/mol. The molecule has 6 heterocycles. The van der Waals surface area contributed by atoms with Crippen LogP contribution in [-0.2, 0) is 18.5 Å². The van der Waals surface area contributed by atoms with Crippen molar-refractivity contribution in [3.63, 3.8) is 0 Å². The highest BCUT2D eigenvalue weighted by atomic mass is 28.4. The third-order valence-electron chi connectivity index (χ3n) is 12.6. The molecule has 2 fully saturated rings. The van der Waals surface area contributed by atoms with Crippen LogP contribution in [0.1, 0.15) is 95.4 Å². The van der Waals surface area contributed by atoms with E-state index < -0.39 is 8.32 Å². The Morgan fingerprint density at radius 3 is 1.63 bits per heavy atom. The lowest BCUT2D eigenvalue weighted by Gasteiger charge is -2.36. The van der Waals surface area contributed by atoms with E-state index in [1.165, 1.54) is 12.8 Å². The average molecular weight is 825 g/mol. The molecule has 2 aliphatic carbocycles. The number of rotatable bonds is 12. The summed E-state index contributed by atoms with van der Waals surface area (Å²) in [5, 5.41) is 33.8. The van der Waals surface area contributed by atoms with Gasteiger partial charge in [0.05, 0.1) is 31.4 Å². The van der Waals surface area contributed by atoms with Gasteiger partial charge in [0.2, 0.25) is 0 Å². The van der Waals surface area contributed by atoms with E-state index in [4.69, 9.17) is 31.0 Å². The molecule has 0 unspecified atom stereocenters. The number of aryl methyl sites for hydroxylation is 2. The molecule has 0 radical (unpaired) electrons. The third-order valence-corrected chi connectivity index (χ3v) is 17.1. The number of anilines is 2. The van der Waals surface area contributed by atoms with E-state index in [1.807, 2.05) is 57.2 Å². The number of nitrogens with one attached hydrogen (secondary N) is 2. The molecule has 7 N–H and O–H groups in total. The molecule has 2 aliphatic rings. The zero-order chi connectivity index (χ0) is 41.9. The van der Waals surface area contributed by atoms with Gasteiger partial charge in [-0.2, -0.15) is 29.4 Å². The van der Waals surface area contributed by atoms with Crippen LogP contribution in [0.3, 0.4) is 0 Å². The number of nitrogens with two attached hydrogens (primary N) is 2. The van der Waals surface area contributed by atoms with Gasteiger partial charge in [-0.1, -0.05) is 33.6 Å². The number of nitrogens with zero attached hydrogens (tertiary/aromatic N) is 10. The molecule has 0 amide bonds. The topological polar surface area (TPSA) is 202 Å². The van der Waals surface area contributed by atoms with Gasteiger partial charge in [-0.15, -0.1) is 0 Å². The van der Waals surface area contributed by atoms with Gasteiger partial charge in [0.1, 0.15) is 11.6 Å². The van der Waals surface area contributed by atoms with E-state index in [9.17, 15) is 0 Å². The second kappa shape index (κ2) is 17.9. The van der Waals surface area contributed by atoms with Crippen LogP contribution in [0.4, 0.5) is 11.6 Å². The van der Waals surface area contributed by atoms with Crippen LogP contribution < -0.4 is 22.1 Å². The standard InChI is InChI=1S/C24H39N7OSi.C18H25N7O/c1-24(2,3)33(5,6)32-11-10-26-19-9-7-8-17(12-19)21-13-22(25)31-23(29-21)20(15-28-31)18-14-27-30(4)16-18;1-24-11-13(9-21-24)15-10-22-25-17(19)8-16(23-18(15)25)12-3-2-4-14(7-12)20-5-6-26/h13-17,19,26H,7-12,25H2,1-6H3;8-12,14,20,26H,2-7,19H2,1H3/t17-,19+;12-,14+/m00/s1. The van der Waals surface area contributed by atoms with Crippen molar-refractivity contribution in [1.29, 1.82) is 0 Å². The van der Waals surface area contributed by atoms with Crippen molar-refractivity contribution in [2.75, 3.05) is 37.8 Å². The lowest BCUT2D eigenvalue weighted by Crippen LogP contribution is -2.43. The summed E-state index contributed by atoms with van der Waals surface area (Å²) in [6, 6.07) is 4.85. The fraction of sp³-hybridized carbons (Fsp3) is 0.571. The zero-order valence-electron chi connectivity index (χ0n) is 35.9. The Labute approximate surface area is 348 Å². The molecule has 0 saturated heterocycles. The Kier molecular flexibility index (Phi) is 12.9. The Morgan fingerprint density at radius 2 is 1.20 bits per heavy atom. The molecule has 4 atom stereocenters. The minimum absolute atomic E-state index is 0.169. The van der Waals surface area contributed by atoms with Gasteiger partial charge in [-0.25, -0.2) is 9.97 Å². The largest absolute Gasteiger partial charge is 0.416 e. The minimum atomic E-state index is -1.69. The predicted molar refractivity (Wildman–Crippen MR) is 235 cm³/mol. The maximum absolute atomic E-state index is 9.04. The quantitative estimate of drug-likeness (QED) is 0.0749. The molecule has 0 aliphatic heterocycles. The molecule has 17 heteroatoms. The van der Waals surface area contributed by atoms with Crippen LogP contribution >= 0.6 is 0 Å². The van der Waals surface area contributed by atoms with E-state index in [0.29, 0.717) is 42.1 Å². The first-order chi connectivity index (χ1) is 28.2. The van der Waals surface area contributed by atoms with Crippen LogP contribution in [0.25, 0.3) is 33.5 Å². The summed E-state index contributed by atoms with van der Waals surface area (Å²) in [5.41, 5.74) is 20.2. The van der Waals surface area contributed by atoms with Crippen LogP contribution in [0.5, 0.6) is 0 Å². The van der Waals surface area contributed by atoms with Crippen molar-refractivity contribution >= 4 is 31.2 Å². The molecule has 6 aromatic heterocycles. The Hall–Kier alpha value is -4.68. The number of nitrogen functional groups attached to an aromatic ring is 2. The molecule has 0 aromatic carbocycles. The highest BCUT2D eigenvalue weighted by Crippen LogP contribution is 2.38. The van der Waals surface area contributed by atoms with Crippen molar-refractivity contribution in [3.8, 4) is 22.3 Å². The zero-order valence-corrected chi connectivity index (χ0v) is 36.9. The van der Waals surface area contributed by atoms with Gasteiger partial charge in [0, 0.05) is 116 Å². The summed E-state index contributed by atoms with van der Waals surface area (Å²) in [4.78, 5) is 9.96. The maximum Gasteiger partial charge on any atom is 0.192 e. The first kappa shape index (κ1) is 42.4. The highest BCUT2D eigenvalue weighted by Gasteiger charge is 2.37. The van der Waals surface area contributed by atoms with Gasteiger partial charge >= 0.3 is 0 Å². The number of fused-ring (bicyclic) bond motifs is 2. The molecule has 8 rings (SSSR count). The number of hydrogen-bond acceptors (Lipinski definition) is 12. The summed E-state index contributed by atoms with van der Waals surface area (Å²) in [5.74, 6) is 1.99. The molecule has 0 spiro atoms. The summed E-state index contributed by atoms with van der Waals surface area (Å²) in [6.45, 7) is 14.0. The van der Waals surface area contributed by atoms with Crippen LogP contribution in [0.2, 0.25) is 18.1 Å². The molecular formula is C42H64N14O2Si. The Bertz CT molecular complexity index is 2320. The molecule has 6 aromatic rings. The van der Waals surface area contributed by atoms with E-state index in [0.717, 1.165) is 96.6 Å². The van der Waals surface area contributed by atoms with E-state index in [-0.39, 0.29) is 11.6 Å². The Balaban J connectivity index is 0.000000184. The van der Waals surface area contributed by atoms with Gasteiger partial charge < -0.3 is 31.6 Å². The molecule has 318 valence electrons. The lowest BCUT2D eigenvalue weighted by molar-refractivity contribution is 0.262. The SMILES string of the molecule is Cn1cc(-c2cnn3c(N)cc([C@H]4CCC[C@@H](NCCO)C4)nc23)cn1.Cn1cc(-c2cnn3c(N)cc([C@H]4CCC[C@@H](NCCO[Si](C)(C)C(C)(C)C)C4)nc23)cn1. The third kappa shape index (κ3) is 9.70. The fourth-order valence-electron chi connectivity index (χ4n) is 8.30. The average Bonchev–Trinajstić information content (AvgIpc) is 4.03. The molecule has 59 heavy (non-hydrogen) atoms. The van der Waals surface area contributed by atoms with E-state index in [1.54, 1.807) is 24.6 Å². The monoisotopic (exact) mass is 825 g/mol. The van der Waals surface area contributed by atoms with Gasteiger partial charge in [-0.3, -0.25) is 9.36 Å². The van der Waals surface area contributed by atoms with Crippen molar-refractivity contribution in [2.24, 2.45) is 14.1 Å². The van der Waals surface area contributed by atoms with Gasteiger partial charge in [0.25, 0.3) is 0 Å². The van der Waals surface area contributed by atoms with Gasteiger partial charge in [-0.05, 0) is 56.7 Å². The predicted octanol–water partition coefficient (Wildman–Crippen LogP) is 5.67. The number of aromatic nitrogens is 10. The first-order valence-electron chi connectivity index (χ1n) is 21.2. The van der Waals surface area contributed by atoms with Crippen LogP contribution in [0, 0.1) is 0 Å². The maximum atomic E-state index is 9.04. The normalized spacial score (nSPS) is 20.3. The second-order valence-electron chi connectivity index (χ2n) is 18.0. The van der Waals surface area contributed by atoms with E-state index in [2.05, 4.69) is 64.9 Å². The Morgan fingerprint density at radius 1 is 0.729 bits per heavy atom. The molecule has 2 saturated carbocycles. The van der Waals surface area contributed by atoms with Crippen molar-refractivity contribution in [3.05, 3.63) is 60.7 Å². The van der Waals surface area contributed by atoms with Crippen LogP contribution in [0.15, 0.2) is 49.3 Å².